The lowest BCUT2D eigenvalue weighted by atomic mass is 10.1. The minimum atomic E-state index is -0.733. The minimum Gasteiger partial charge on any atom is -0.338 e. The zero-order valence-electron chi connectivity index (χ0n) is 19.6. The molecular weight excluding hydrogens is 642 g/mol. The Morgan fingerprint density at radius 1 is 1.05 bits per heavy atom. The van der Waals surface area contributed by atoms with Crippen molar-refractivity contribution in [3.63, 3.8) is 0 Å². The number of fused-ring (bicyclic) bond motifs is 1. The number of carbonyl (C=O) groups excluding carboxylic acids is 2. The van der Waals surface area contributed by atoms with Gasteiger partial charge in [0, 0.05) is 32.0 Å². The van der Waals surface area contributed by atoms with Crippen molar-refractivity contribution in [3.8, 4) is 11.4 Å². The van der Waals surface area contributed by atoms with Crippen molar-refractivity contribution in [3.05, 3.63) is 96.4 Å². The highest BCUT2D eigenvalue weighted by Gasteiger charge is 2.22. The molecule has 9 nitrogen and oxygen atoms in total. The molecule has 5 rings (SSSR count). The fraction of sp³-hybridized carbons (Fsp3) is 0.0769. The van der Waals surface area contributed by atoms with Gasteiger partial charge >= 0.3 is 5.76 Å². The molecule has 0 unspecified atom stereocenters. The average Bonchev–Trinajstić information content (AvgIpc) is 3.47. The Morgan fingerprint density at radius 3 is 2.53 bits per heavy atom. The number of carbonyl (C=O) groups is 2. The quantitative estimate of drug-likeness (QED) is 0.202. The van der Waals surface area contributed by atoms with Gasteiger partial charge in [0.05, 0.1) is 23.3 Å². The Hall–Kier alpha value is -3.67. The molecule has 2 heterocycles. The number of nitrogens with one attached hydrogen (secondary N) is 3. The highest BCUT2D eigenvalue weighted by molar-refractivity contribution is 9.11. The SMILES string of the molecule is Cn1c(C(=O)Nc2ccc(Cl)cc2-c2noc(=O)[nH]2)cc2c(Br)cc(Br)c(NC(=O)Cc3ccccc3)c21. The van der Waals surface area contributed by atoms with Crippen LogP contribution in [0.25, 0.3) is 22.3 Å². The molecule has 0 bridgehead atoms. The van der Waals surface area contributed by atoms with Crippen LogP contribution in [0, 0.1) is 0 Å². The molecule has 2 amide bonds. The van der Waals surface area contributed by atoms with Crippen LogP contribution in [0.4, 0.5) is 11.4 Å². The van der Waals surface area contributed by atoms with Gasteiger partial charge in [-0.15, -0.1) is 0 Å². The molecular formula is C26H18Br2ClN5O4. The van der Waals surface area contributed by atoms with E-state index in [0.29, 0.717) is 37.6 Å². The number of aromatic amines is 1. The van der Waals surface area contributed by atoms with E-state index in [9.17, 15) is 14.4 Å². The van der Waals surface area contributed by atoms with Crippen LogP contribution >= 0.6 is 43.5 Å². The van der Waals surface area contributed by atoms with Gasteiger partial charge in [0.25, 0.3) is 5.91 Å². The number of rotatable bonds is 6. The van der Waals surface area contributed by atoms with E-state index in [1.54, 1.807) is 35.9 Å². The number of anilines is 2. The predicted octanol–water partition coefficient (Wildman–Crippen LogP) is 6.13. The van der Waals surface area contributed by atoms with Gasteiger partial charge in [-0.3, -0.25) is 19.1 Å². The first-order valence-corrected chi connectivity index (χ1v) is 13.2. The third-order valence-corrected chi connectivity index (χ3v) is 7.37. The largest absolute Gasteiger partial charge is 0.439 e. The van der Waals surface area contributed by atoms with Gasteiger partial charge in [0.1, 0.15) is 5.69 Å². The number of benzene rings is 3. The zero-order valence-corrected chi connectivity index (χ0v) is 23.6. The van der Waals surface area contributed by atoms with E-state index in [0.717, 1.165) is 15.4 Å². The number of H-pyrrole nitrogens is 1. The summed E-state index contributed by atoms with van der Waals surface area (Å²) in [5.74, 6) is -1.23. The smallest absolute Gasteiger partial charge is 0.338 e. The number of hydrogen-bond donors (Lipinski definition) is 3. The van der Waals surface area contributed by atoms with Crippen LogP contribution in [0.3, 0.4) is 0 Å². The fourth-order valence-electron chi connectivity index (χ4n) is 4.12. The van der Waals surface area contributed by atoms with Crippen LogP contribution < -0.4 is 16.4 Å². The van der Waals surface area contributed by atoms with Crippen molar-refractivity contribution in [1.82, 2.24) is 14.7 Å². The second-order valence-electron chi connectivity index (χ2n) is 8.36. The third kappa shape index (κ3) is 5.17. The van der Waals surface area contributed by atoms with E-state index in [1.165, 1.54) is 0 Å². The van der Waals surface area contributed by atoms with Crippen LogP contribution in [-0.4, -0.2) is 26.5 Å². The maximum absolute atomic E-state index is 13.5. The van der Waals surface area contributed by atoms with Crippen molar-refractivity contribution in [2.24, 2.45) is 7.05 Å². The number of amides is 2. The molecule has 0 saturated heterocycles. The first-order chi connectivity index (χ1) is 18.2. The van der Waals surface area contributed by atoms with E-state index in [-0.39, 0.29) is 18.2 Å². The summed E-state index contributed by atoms with van der Waals surface area (Å²) in [4.78, 5) is 40.3. The molecule has 0 spiro atoms. The fourth-order valence-corrected chi connectivity index (χ4v) is 5.64. The number of aromatic nitrogens is 3. The monoisotopic (exact) mass is 657 g/mol. The van der Waals surface area contributed by atoms with Gasteiger partial charge < -0.3 is 15.2 Å². The summed E-state index contributed by atoms with van der Waals surface area (Å²) >= 11 is 13.2. The molecule has 0 aliphatic carbocycles. The summed E-state index contributed by atoms with van der Waals surface area (Å²) in [5, 5.41) is 10.7. The lowest BCUT2D eigenvalue weighted by molar-refractivity contribution is -0.115. The molecule has 3 aromatic carbocycles. The third-order valence-electron chi connectivity index (χ3n) is 5.85. The van der Waals surface area contributed by atoms with E-state index in [1.807, 2.05) is 36.4 Å². The molecule has 5 aromatic rings. The van der Waals surface area contributed by atoms with Gasteiger partial charge in [0.15, 0.2) is 5.82 Å². The summed E-state index contributed by atoms with van der Waals surface area (Å²) < 4.78 is 7.70. The molecule has 38 heavy (non-hydrogen) atoms. The van der Waals surface area contributed by atoms with Crippen LogP contribution in [0.2, 0.25) is 5.02 Å². The molecule has 0 fully saturated rings. The Labute approximate surface area is 237 Å². The van der Waals surface area contributed by atoms with E-state index in [4.69, 9.17) is 11.6 Å². The zero-order chi connectivity index (χ0) is 27.0. The maximum Gasteiger partial charge on any atom is 0.439 e. The van der Waals surface area contributed by atoms with Gasteiger partial charge in [-0.2, -0.15) is 0 Å². The lowest BCUT2D eigenvalue weighted by Gasteiger charge is -2.13. The van der Waals surface area contributed by atoms with Crippen molar-refractivity contribution >= 4 is 77.6 Å². The molecule has 12 heteroatoms. The minimum absolute atomic E-state index is 0.125. The molecule has 3 N–H and O–H groups in total. The predicted molar refractivity (Wildman–Crippen MR) is 153 cm³/mol. The second-order valence-corrected chi connectivity index (χ2v) is 10.5. The lowest BCUT2D eigenvalue weighted by Crippen LogP contribution is -2.17. The standard InChI is InChI=1S/C26H18Br2ClN5O4/c1-34-20(25(36)30-19-8-7-14(29)10-16(19)24-32-26(37)38-33-24)11-15-17(27)12-18(28)22(23(15)34)31-21(35)9-13-5-3-2-4-6-13/h2-8,10-12H,9H2,1H3,(H,30,36)(H,31,35)(H,32,33,37). The molecule has 0 aliphatic heterocycles. The topological polar surface area (TPSA) is 122 Å². The molecule has 0 saturated carbocycles. The highest BCUT2D eigenvalue weighted by atomic mass is 79.9. The van der Waals surface area contributed by atoms with E-state index < -0.39 is 11.7 Å². The Bertz CT molecular complexity index is 1760. The van der Waals surface area contributed by atoms with Gasteiger partial charge in [-0.1, -0.05) is 63.0 Å². The number of aryl methyl sites for hydroxylation is 1. The molecule has 192 valence electrons. The Balaban J connectivity index is 1.50. The normalized spacial score (nSPS) is 11.1. The maximum atomic E-state index is 13.5. The summed E-state index contributed by atoms with van der Waals surface area (Å²) in [7, 11) is 1.74. The summed E-state index contributed by atoms with van der Waals surface area (Å²) in [5.41, 5.74) is 3.15. The molecule has 2 aromatic heterocycles. The van der Waals surface area contributed by atoms with Crippen molar-refractivity contribution < 1.29 is 14.1 Å². The Morgan fingerprint density at radius 2 is 1.82 bits per heavy atom. The van der Waals surface area contributed by atoms with Crippen molar-refractivity contribution in [2.45, 2.75) is 6.42 Å². The molecule has 0 radical (unpaired) electrons. The second kappa shape index (κ2) is 10.6. The van der Waals surface area contributed by atoms with Gasteiger partial charge in [-0.05, 0) is 51.8 Å². The van der Waals surface area contributed by atoms with E-state index in [2.05, 4.69) is 57.2 Å². The number of halogens is 3. The molecule has 0 aliphatic rings. The summed E-state index contributed by atoms with van der Waals surface area (Å²) in [6.45, 7) is 0. The Kier molecular flexibility index (Phi) is 7.24. The molecule has 0 atom stereocenters. The van der Waals surface area contributed by atoms with Gasteiger partial charge in [-0.25, -0.2) is 4.79 Å². The van der Waals surface area contributed by atoms with Crippen LogP contribution in [0.15, 0.2) is 78.9 Å². The number of hydrogen-bond acceptors (Lipinski definition) is 5. The van der Waals surface area contributed by atoms with Crippen LogP contribution in [0.1, 0.15) is 16.1 Å². The summed E-state index contributed by atoms with van der Waals surface area (Å²) in [6.07, 6.45) is 0.200. The highest BCUT2D eigenvalue weighted by Crippen LogP contribution is 2.39. The van der Waals surface area contributed by atoms with Crippen LogP contribution in [0.5, 0.6) is 0 Å². The average molecular weight is 660 g/mol. The van der Waals surface area contributed by atoms with Crippen molar-refractivity contribution in [1.29, 1.82) is 0 Å². The number of nitrogens with zero attached hydrogens (tertiary/aromatic N) is 2. The van der Waals surface area contributed by atoms with Crippen molar-refractivity contribution in [2.75, 3.05) is 10.6 Å². The van der Waals surface area contributed by atoms with Crippen LogP contribution in [-0.2, 0) is 18.3 Å². The van der Waals surface area contributed by atoms with Gasteiger partial charge in [0.2, 0.25) is 5.91 Å². The summed E-state index contributed by atoms with van der Waals surface area (Å²) in [6, 6.07) is 17.7. The van der Waals surface area contributed by atoms with E-state index >= 15 is 0 Å². The first kappa shape index (κ1) is 26.0. The first-order valence-electron chi connectivity index (χ1n) is 11.2.